The first kappa shape index (κ1) is 8.57. The van der Waals surface area contributed by atoms with Crippen molar-refractivity contribution in [3.05, 3.63) is 28.8 Å². The van der Waals surface area contributed by atoms with Crippen LogP contribution in [0.5, 0.6) is 0 Å². The van der Waals surface area contributed by atoms with Gasteiger partial charge in [-0.25, -0.2) is 0 Å². The number of nitrogen functional groups attached to an aromatic ring is 1. The Balaban J connectivity index is 3.34. The van der Waals surface area contributed by atoms with Gasteiger partial charge in [-0.3, -0.25) is 5.84 Å². The van der Waals surface area contributed by atoms with Gasteiger partial charge in [0.05, 0.1) is 17.3 Å². The fraction of sp³-hybridized carbons (Fsp3) is 0.222. The van der Waals surface area contributed by atoms with E-state index in [0.717, 1.165) is 16.8 Å². The third-order valence-electron chi connectivity index (χ3n) is 1.83. The van der Waals surface area contributed by atoms with Gasteiger partial charge in [-0.05, 0) is 37.1 Å². The summed E-state index contributed by atoms with van der Waals surface area (Å²) < 4.78 is 0. The van der Waals surface area contributed by atoms with Crippen LogP contribution < -0.4 is 11.3 Å². The van der Waals surface area contributed by atoms with Crippen LogP contribution in [-0.2, 0) is 0 Å². The van der Waals surface area contributed by atoms with Crippen LogP contribution in [0.4, 0.5) is 5.69 Å². The van der Waals surface area contributed by atoms with Crippen molar-refractivity contribution < 1.29 is 0 Å². The van der Waals surface area contributed by atoms with Crippen molar-refractivity contribution in [3.8, 4) is 6.07 Å². The van der Waals surface area contributed by atoms with E-state index < -0.39 is 0 Å². The van der Waals surface area contributed by atoms with Crippen LogP contribution in [0.3, 0.4) is 0 Å². The number of hydrogen-bond acceptors (Lipinski definition) is 3. The number of aryl methyl sites for hydroxylation is 1. The van der Waals surface area contributed by atoms with Crippen molar-refractivity contribution in [1.82, 2.24) is 0 Å². The number of rotatable bonds is 1. The number of hydrazine groups is 1. The van der Waals surface area contributed by atoms with Crippen molar-refractivity contribution >= 4 is 5.69 Å². The second kappa shape index (κ2) is 3.24. The van der Waals surface area contributed by atoms with Gasteiger partial charge in [-0.15, -0.1) is 0 Å². The minimum Gasteiger partial charge on any atom is -0.324 e. The molecule has 12 heavy (non-hydrogen) atoms. The average molecular weight is 161 g/mol. The molecular weight excluding hydrogens is 150 g/mol. The highest BCUT2D eigenvalue weighted by Gasteiger charge is 2.02. The van der Waals surface area contributed by atoms with E-state index in [1.165, 1.54) is 0 Å². The predicted octanol–water partition coefficient (Wildman–Crippen LogP) is 1.46. The molecule has 0 unspecified atom stereocenters. The summed E-state index contributed by atoms with van der Waals surface area (Å²) in [6.45, 7) is 3.80. The Labute approximate surface area is 71.8 Å². The molecule has 0 heterocycles. The monoisotopic (exact) mass is 161 g/mol. The Bertz CT molecular complexity index is 336. The fourth-order valence-corrected chi connectivity index (χ4v) is 1.12. The van der Waals surface area contributed by atoms with E-state index in [2.05, 4.69) is 11.5 Å². The number of nitriles is 1. The molecule has 0 fully saturated rings. The van der Waals surface area contributed by atoms with E-state index in [4.69, 9.17) is 11.1 Å². The van der Waals surface area contributed by atoms with Gasteiger partial charge in [0, 0.05) is 0 Å². The smallest absolute Gasteiger partial charge is 0.0995 e. The van der Waals surface area contributed by atoms with Crippen LogP contribution in [0, 0.1) is 25.2 Å². The van der Waals surface area contributed by atoms with E-state index in [0.29, 0.717) is 5.56 Å². The summed E-state index contributed by atoms with van der Waals surface area (Å²) in [5.74, 6) is 5.28. The number of nitrogens with two attached hydrogens (primary N) is 1. The van der Waals surface area contributed by atoms with Crippen molar-refractivity contribution in [2.75, 3.05) is 5.43 Å². The van der Waals surface area contributed by atoms with E-state index in [-0.39, 0.29) is 0 Å². The highest BCUT2D eigenvalue weighted by atomic mass is 15.2. The van der Waals surface area contributed by atoms with Crippen molar-refractivity contribution in [2.45, 2.75) is 13.8 Å². The highest BCUT2D eigenvalue weighted by Crippen LogP contribution is 2.19. The van der Waals surface area contributed by atoms with Crippen LogP contribution in [0.2, 0.25) is 0 Å². The van der Waals surface area contributed by atoms with Gasteiger partial charge in [0.1, 0.15) is 0 Å². The average Bonchev–Trinajstić information content (AvgIpc) is 2.08. The van der Waals surface area contributed by atoms with E-state index in [1.807, 2.05) is 26.0 Å². The third-order valence-corrected chi connectivity index (χ3v) is 1.83. The molecule has 0 aliphatic heterocycles. The van der Waals surface area contributed by atoms with Gasteiger partial charge >= 0.3 is 0 Å². The fourth-order valence-electron chi connectivity index (χ4n) is 1.12. The summed E-state index contributed by atoms with van der Waals surface area (Å²) in [6, 6.07) is 5.87. The second-order valence-corrected chi connectivity index (χ2v) is 2.74. The number of hydrogen-bond donors (Lipinski definition) is 2. The molecule has 0 saturated carbocycles. The van der Waals surface area contributed by atoms with Gasteiger partial charge in [0.25, 0.3) is 0 Å². The Morgan fingerprint density at radius 3 is 2.58 bits per heavy atom. The zero-order valence-corrected chi connectivity index (χ0v) is 7.18. The number of benzene rings is 1. The maximum absolute atomic E-state index is 8.74. The topological polar surface area (TPSA) is 61.8 Å². The van der Waals surface area contributed by atoms with Crippen LogP contribution >= 0.6 is 0 Å². The zero-order chi connectivity index (χ0) is 9.14. The molecule has 1 aromatic carbocycles. The maximum atomic E-state index is 8.74. The molecule has 0 saturated heterocycles. The van der Waals surface area contributed by atoms with Crippen molar-refractivity contribution in [1.29, 1.82) is 5.26 Å². The summed E-state index contributed by atoms with van der Waals surface area (Å²) >= 11 is 0. The van der Waals surface area contributed by atoms with Crippen LogP contribution in [0.15, 0.2) is 12.1 Å². The Morgan fingerprint density at radius 1 is 1.42 bits per heavy atom. The molecule has 3 heteroatoms. The van der Waals surface area contributed by atoms with Crippen LogP contribution in [0.25, 0.3) is 0 Å². The van der Waals surface area contributed by atoms with Gasteiger partial charge in [-0.1, -0.05) is 0 Å². The highest BCUT2D eigenvalue weighted by molar-refractivity contribution is 5.58. The number of nitrogens with zero attached hydrogens (tertiary/aromatic N) is 1. The van der Waals surface area contributed by atoms with Gasteiger partial charge in [0.2, 0.25) is 0 Å². The molecule has 1 rings (SSSR count). The SMILES string of the molecule is Cc1cc(C#N)c(C)c(NN)c1. The molecule has 3 N–H and O–H groups in total. The lowest BCUT2D eigenvalue weighted by atomic mass is 10.0. The number of anilines is 1. The third kappa shape index (κ3) is 1.39. The molecule has 0 atom stereocenters. The molecule has 1 aromatic rings. The maximum Gasteiger partial charge on any atom is 0.0995 e. The second-order valence-electron chi connectivity index (χ2n) is 2.74. The Kier molecular flexibility index (Phi) is 2.32. The molecular formula is C9H11N3. The lowest BCUT2D eigenvalue weighted by molar-refractivity contribution is 1.27. The first-order valence-corrected chi connectivity index (χ1v) is 3.67. The normalized spacial score (nSPS) is 9.17. The van der Waals surface area contributed by atoms with Crippen molar-refractivity contribution in [3.63, 3.8) is 0 Å². The van der Waals surface area contributed by atoms with Gasteiger partial charge in [-0.2, -0.15) is 5.26 Å². The Morgan fingerprint density at radius 2 is 2.08 bits per heavy atom. The van der Waals surface area contributed by atoms with E-state index in [1.54, 1.807) is 0 Å². The molecule has 0 amide bonds. The summed E-state index contributed by atoms with van der Waals surface area (Å²) in [6.07, 6.45) is 0. The molecule has 0 aliphatic rings. The quantitative estimate of drug-likeness (QED) is 0.484. The van der Waals surface area contributed by atoms with Crippen LogP contribution in [-0.4, -0.2) is 0 Å². The molecule has 0 aliphatic carbocycles. The van der Waals surface area contributed by atoms with Crippen LogP contribution in [0.1, 0.15) is 16.7 Å². The standard InChI is InChI=1S/C9H11N3/c1-6-3-8(5-10)7(2)9(4-6)12-11/h3-4,12H,11H2,1-2H3. The molecule has 0 bridgehead atoms. The summed E-state index contributed by atoms with van der Waals surface area (Å²) in [5, 5.41) is 8.74. The number of nitrogens with one attached hydrogen (secondary N) is 1. The first-order valence-electron chi connectivity index (χ1n) is 3.67. The van der Waals surface area contributed by atoms with Crippen molar-refractivity contribution in [2.24, 2.45) is 5.84 Å². The molecule has 62 valence electrons. The van der Waals surface area contributed by atoms with Gasteiger partial charge < -0.3 is 5.43 Å². The molecule has 0 spiro atoms. The molecule has 0 radical (unpaired) electrons. The minimum atomic E-state index is 0.669. The lowest BCUT2D eigenvalue weighted by Crippen LogP contribution is -2.09. The summed E-state index contributed by atoms with van der Waals surface area (Å²) in [7, 11) is 0. The Hall–Kier alpha value is -1.53. The zero-order valence-electron chi connectivity index (χ0n) is 7.18. The largest absolute Gasteiger partial charge is 0.324 e. The van der Waals surface area contributed by atoms with E-state index >= 15 is 0 Å². The predicted molar refractivity (Wildman–Crippen MR) is 48.4 cm³/mol. The lowest BCUT2D eigenvalue weighted by Gasteiger charge is -2.07. The summed E-state index contributed by atoms with van der Waals surface area (Å²) in [5.41, 5.74) is 5.97. The molecule has 3 nitrogen and oxygen atoms in total. The minimum absolute atomic E-state index is 0.669. The van der Waals surface area contributed by atoms with Gasteiger partial charge in [0.15, 0.2) is 0 Å². The summed E-state index contributed by atoms with van der Waals surface area (Å²) in [4.78, 5) is 0. The molecule has 0 aromatic heterocycles. The van der Waals surface area contributed by atoms with E-state index in [9.17, 15) is 0 Å². The first-order chi connectivity index (χ1) is 5.69.